The van der Waals surface area contributed by atoms with Crippen molar-refractivity contribution in [1.29, 1.82) is 0 Å². The summed E-state index contributed by atoms with van der Waals surface area (Å²) in [7, 11) is 1.59. The Balaban J connectivity index is 1.87. The lowest BCUT2D eigenvalue weighted by Gasteiger charge is -2.33. The molecule has 0 saturated carbocycles. The van der Waals surface area contributed by atoms with Crippen LogP contribution in [0.4, 0.5) is 5.95 Å². The zero-order valence-electron chi connectivity index (χ0n) is 14.3. The third kappa shape index (κ3) is 4.06. The number of ether oxygens (including phenoxy) is 1. The summed E-state index contributed by atoms with van der Waals surface area (Å²) in [5, 5.41) is 0. The van der Waals surface area contributed by atoms with Gasteiger partial charge in [0.15, 0.2) is 0 Å². The van der Waals surface area contributed by atoms with Crippen LogP contribution in [0.2, 0.25) is 0 Å². The van der Waals surface area contributed by atoms with E-state index >= 15 is 0 Å². The van der Waals surface area contributed by atoms with Gasteiger partial charge in [0.05, 0.1) is 12.3 Å². The van der Waals surface area contributed by atoms with E-state index in [1.54, 1.807) is 12.0 Å². The average Bonchev–Trinajstić information content (AvgIpc) is 2.65. The van der Waals surface area contributed by atoms with Gasteiger partial charge >= 0.3 is 0 Å². The van der Waals surface area contributed by atoms with E-state index in [0.29, 0.717) is 49.8 Å². The van der Waals surface area contributed by atoms with Gasteiger partial charge in [-0.25, -0.2) is 4.98 Å². The highest BCUT2D eigenvalue weighted by atomic mass is 16.5. The van der Waals surface area contributed by atoms with Gasteiger partial charge in [-0.3, -0.25) is 14.6 Å². The number of nitrogens with one attached hydrogen (secondary N) is 1. The highest BCUT2D eigenvalue weighted by Crippen LogP contribution is 2.15. The number of amides is 1. The minimum absolute atomic E-state index is 0.140. The van der Waals surface area contributed by atoms with Crippen molar-refractivity contribution in [1.82, 2.24) is 14.9 Å². The molecule has 1 aromatic carbocycles. The van der Waals surface area contributed by atoms with E-state index in [9.17, 15) is 9.59 Å². The molecule has 1 aliphatic heterocycles. The molecule has 1 fully saturated rings. The van der Waals surface area contributed by atoms with Gasteiger partial charge in [0, 0.05) is 45.3 Å². The van der Waals surface area contributed by atoms with Crippen molar-refractivity contribution < 1.29 is 9.53 Å². The van der Waals surface area contributed by atoms with Crippen molar-refractivity contribution in [3.63, 3.8) is 0 Å². The molecular formula is C18H22N4O3. The molecule has 25 heavy (non-hydrogen) atoms. The number of aromatic amines is 1. The molecule has 0 atom stereocenters. The van der Waals surface area contributed by atoms with Crippen LogP contribution in [-0.2, 0) is 22.6 Å². The molecule has 7 nitrogen and oxygen atoms in total. The van der Waals surface area contributed by atoms with Crippen LogP contribution in [0.3, 0.4) is 0 Å². The summed E-state index contributed by atoms with van der Waals surface area (Å²) in [6, 6.07) is 9.83. The van der Waals surface area contributed by atoms with Gasteiger partial charge in [-0.2, -0.15) is 0 Å². The Labute approximate surface area is 146 Å². The number of nitrogens with zero attached hydrogens (tertiary/aromatic N) is 3. The van der Waals surface area contributed by atoms with Crippen LogP contribution in [0.1, 0.15) is 16.8 Å². The minimum Gasteiger partial charge on any atom is -0.378 e. The Morgan fingerprint density at radius 1 is 1.20 bits per heavy atom. The fraction of sp³-hybridized carbons (Fsp3) is 0.389. The number of H-pyrrole nitrogens is 1. The van der Waals surface area contributed by atoms with Crippen molar-refractivity contribution >= 4 is 12.4 Å². The Kier molecular flexibility index (Phi) is 5.45. The van der Waals surface area contributed by atoms with Gasteiger partial charge in [0.25, 0.3) is 5.56 Å². The number of piperazine rings is 1. The molecule has 1 amide bonds. The van der Waals surface area contributed by atoms with E-state index < -0.39 is 0 Å². The number of anilines is 1. The van der Waals surface area contributed by atoms with Gasteiger partial charge in [-0.1, -0.05) is 30.3 Å². The molecule has 2 aromatic rings. The maximum absolute atomic E-state index is 12.7. The first-order chi connectivity index (χ1) is 12.2. The molecule has 1 aromatic heterocycles. The van der Waals surface area contributed by atoms with E-state index in [1.807, 2.05) is 35.2 Å². The third-order valence-electron chi connectivity index (χ3n) is 4.36. The van der Waals surface area contributed by atoms with Gasteiger partial charge in [-0.15, -0.1) is 0 Å². The highest BCUT2D eigenvalue weighted by Gasteiger charge is 2.20. The fourth-order valence-electron chi connectivity index (χ4n) is 2.96. The predicted octanol–water partition coefficient (Wildman–Crippen LogP) is 0.786. The average molecular weight is 342 g/mol. The second-order valence-electron chi connectivity index (χ2n) is 6.04. The summed E-state index contributed by atoms with van der Waals surface area (Å²) in [6.45, 7) is 2.82. The van der Waals surface area contributed by atoms with Crippen molar-refractivity contribution in [2.45, 2.75) is 13.0 Å². The monoisotopic (exact) mass is 342 g/mol. The van der Waals surface area contributed by atoms with Gasteiger partial charge in [-0.05, 0) is 5.56 Å². The second kappa shape index (κ2) is 7.94. The van der Waals surface area contributed by atoms with Crippen LogP contribution in [-0.4, -0.2) is 54.6 Å². The van der Waals surface area contributed by atoms with E-state index in [-0.39, 0.29) is 12.2 Å². The molecule has 2 heterocycles. The van der Waals surface area contributed by atoms with Crippen molar-refractivity contribution in [3.8, 4) is 0 Å². The van der Waals surface area contributed by atoms with Crippen LogP contribution < -0.4 is 10.5 Å². The standard InChI is InChI=1S/C18H22N4O3/c1-25-12-16-15(11-14-5-3-2-4-6-14)17(24)20-18(19-16)22-9-7-21(13-23)8-10-22/h2-6,13H,7-12H2,1H3,(H,19,20,24). The molecule has 0 aliphatic carbocycles. The Morgan fingerprint density at radius 3 is 2.56 bits per heavy atom. The van der Waals surface area contributed by atoms with E-state index in [0.717, 1.165) is 12.0 Å². The smallest absolute Gasteiger partial charge is 0.256 e. The number of benzene rings is 1. The lowest BCUT2D eigenvalue weighted by Crippen LogP contribution is -2.47. The summed E-state index contributed by atoms with van der Waals surface area (Å²) in [5.41, 5.74) is 2.20. The Bertz CT molecular complexity index is 768. The summed E-state index contributed by atoms with van der Waals surface area (Å²) < 4.78 is 5.25. The Hall–Kier alpha value is -2.67. The first-order valence-corrected chi connectivity index (χ1v) is 8.30. The summed E-state index contributed by atoms with van der Waals surface area (Å²) in [4.78, 5) is 34.7. The quantitative estimate of drug-likeness (QED) is 0.785. The first kappa shape index (κ1) is 17.2. The van der Waals surface area contributed by atoms with Crippen molar-refractivity contribution in [2.75, 3.05) is 38.2 Å². The molecule has 132 valence electrons. The molecule has 3 rings (SSSR count). The SMILES string of the molecule is COCc1nc(N2CCN(C=O)CC2)[nH]c(=O)c1Cc1ccccc1. The number of aromatic nitrogens is 2. The van der Waals surface area contributed by atoms with Crippen LogP contribution in [0.5, 0.6) is 0 Å². The molecule has 0 spiro atoms. The number of methoxy groups -OCH3 is 1. The van der Waals surface area contributed by atoms with Gasteiger partial charge in [0.1, 0.15) is 0 Å². The lowest BCUT2D eigenvalue weighted by atomic mass is 10.0. The molecule has 7 heteroatoms. The van der Waals surface area contributed by atoms with E-state index in [1.165, 1.54) is 0 Å². The minimum atomic E-state index is -0.140. The summed E-state index contributed by atoms with van der Waals surface area (Å²) in [6.07, 6.45) is 1.37. The highest BCUT2D eigenvalue weighted by molar-refractivity contribution is 5.48. The summed E-state index contributed by atoms with van der Waals surface area (Å²) in [5.74, 6) is 0.541. The Morgan fingerprint density at radius 2 is 1.92 bits per heavy atom. The normalized spacial score (nSPS) is 14.6. The predicted molar refractivity (Wildman–Crippen MR) is 94.7 cm³/mol. The number of rotatable bonds is 6. The molecule has 1 aliphatic rings. The molecule has 0 radical (unpaired) electrons. The molecule has 0 unspecified atom stereocenters. The maximum atomic E-state index is 12.7. The second-order valence-corrected chi connectivity index (χ2v) is 6.04. The molecular weight excluding hydrogens is 320 g/mol. The molecule has 0 bridgehead atoms. The zero-order chi connectivity index (χ0) is 17.6. The number of hydrogen-bond donors (Lipinski definition) is 1. The van der Waals surface area contributed by atoms with Crippen LogP contribution in [0.25, 0.3) is 0 Å². The maximum Gasteiger partial charge on any atom is 0.256 e. The molecule has 1 N–H and O–H groups in total. The van der Waals surface area contributed by atoms with Crippen molar-refractivity contribution in [2.24, 2.45) is 0 Å². The van der Waals surface area contributed by atoms with Crippen LogP contribution in [0.15, 0.2) is 35.1 Å². The first-order valence-electron chi connectivity index (χ1n) is 8.30. The van der Waals surface area contributed by atoms with Crippen LogP contribution in [0, 0.1) is 0 Å². The third-order valence-corrected chi connectivity index (χ3v) is 4.36. The van der Waals surface area contributed by atoms with Crippen molar-refractivity contribution in [3.05, 3.63) is 57.5 Å². The van der Waals surface area contributed by atoms with E-state index in [2.05, 4.69) is 9.97 Å². The van der Waals surface area contributed by atoms with Gasteiger partial charge in [0.2, 0.25) is 12.4 Å². The number of carbonyl (C=O) groups excluding carboxylic acids is 1. The zero-order valence-corrected chi connectivity index (χ0v) is 14.3. The largest absolute Gasteiger partial charge is 0.378 e. The van der Waals surface area contributed by atoms with Crippen LogP contribution >= 0.6 is 0 Å². The lowest BCUT2D eigenvalue weighted by molar-refractivity contribution is -0.118. The molecule has 1 saturated heterocycles. The topological polar surface area (TPSA) is 78.5 Å². The summed E-state index contributed by atoms with van der Waals surface area (Å²) >= 11 is 0. The van der Waals surface area contributed by atoms with Gasteiger partial charge < -0.3 is 14.5 Å². The van der Waals surface area contributed by atoms with E-state index in [4.69, 9.17) is 4.74 Å². The fourth-order valence-corrected chi connectivity index (χ4v) is 2.96. The number of hydrogen-bond acceptors (Lipinski definition) is 5. The number of carbonyl (C=O) groups is 1.